The monoisotopic (exact) mass is 341 g/mol. The Bertz CT molecular complexity index is 729. The number of anilines is 1. The molecule has 0 spiro atoms. The van der Waals surface area contributed by atoms with Crippen LogP contribution in [0.5, 0.6) is 0 Å². The highest BCUT2D eigenvalue weighted by atomic mass is 32.2. The second kappa shape index (κ2) is 7.34. The van der Waals surface area contributed by atoms with Crippen molar-refractivity contribution in [3.63, 3.8) is 0 Å². The van der Waals surface area contributed by atoms with Crippen molar-refractivity contribution in [2.75, 3.05) is 17.9 Å². The maximum absolute atomic E-state index is 12.1. The first-order valence-corrected chi connectivity index (χ1v) is 8.77. The van der Waals surface area contributed by atoms with Gasteiger partial charge in [0.25, 0.3) is 10.0 Å². The summed E-state index contributed by atoms with van der Waals surface area (Å²) in [6.45, 7) is 0.0430. The Labute approximate surface area is 132 Å². The van der Waals surface area contributed by atoms with Gasteiger partial charge in [-0.05, 0) is 12.1 Å². The summed E-state index contributed by atoms with van der Waals surface area (Å²) in [4.78, 5) is 15.7. The van der Waals surface area contributed by atoms with Crippen LogP contribution in [0.1, 0.15) is 5.69 Å². The summed E-state index contributed by atoms with van der Waals surface area (Å²) in [6.07, 6.45) is 0.0313. The quantitative estimate of drug-likeness (QED) is 0.683. The average molecular weight is 341 g/mol. The minimum absolute atomic E-state index is 0.0313. The summed E-state index contributed by atoms with van der Waals surface area (Å²) in [5, 5.41) is 12.9. The molecule has 22 heavy (non-hydrogen) atoms. The molecular weight excluding hydrogens is 326 g/mol. The molecule has 1 aromatic heterocycles. The van der Waals surface area contributed by atoms with E-state index in [4.69, 9.17) is 5.11 Å². The number of amides is 1. The van der Waals surface area contributed by atoms with Gasteiger partial charge in [-0.15, -0.1) is 11.3 Å². The van der Waals surface area contributed by atoms with Crippen LogP contribution in [-0.4, -0.2) is 37.6 Å². The second-order valence-corrected chi connectivity index (χ2v) is 6.85. The number of nitrogens with one attached hydrogen (secondary N) is 2. The maximum atomic E-state index is 12.1. The van der Waals surface area contributed by atoms with Gasteiger partial charge in [0, 0.05) is 11.9 Å². The fourth-order valence-electron chi connectivity index (χ4n) is 1.63. The lowest BCUT2D eigenvalue weighted by Gasteiger charge is -2.04. The van der Waals surface area contributed by atoms with Gasteiger partial charge < -0.3 is 10.4 Å². The molecule has 0 fully saturated rings. The van der Waals surface area contributed by atoms with Crippen LogP contribution in [0.2, 0.25) is 0 Å². The minimum atomic E-state index is -3.68. The Balaban J connectivity index is 2.02. The lowest BCUT2D eigenvalue weighted by molar-refractivity contribution is -0.120. The van der Waals surface area contributed by atoms with E-state index in [0.717, 1.165) is 11.3 Å². The van der Waals surface area contributed by atoms with E-state index in [2.05, 4.69) is 15.0 Å². The van der Waals surface area contributed by atoms with Gasteiger partial charge in [-0.3, -0.25) is 9.52 Å². The molecule has 7 nitrogen and oxygen atoms in total. The number of thiazole rings is 1. The van der Waals surface area contributed by atoms with Gasteiger partial charge in [0.2, 0.25) is 5.91 Å². The largest absolute Gasteiger partial charge is 0.395 e. The van der Waals surface area contributed by atoms with Crippen LogP contribution >= 0.6 is 11.3 Å². The molecule has 0 saturated heterocycles. The molecule has 2 aromatic rings. The number of aliphatic hydroxyl groups excluding tert-OH is 1. The van der Waals surface area contributed by atoms with E-state index < -0.39 is 10.0 Å². The van der Waals surface area contributed by atoms with Gasteiger partial charge in [0.15, 0.2) is 5.13 Å². The first-order valence-electron chi connectivity index (χ1n) is 6.41. The number of hydrogen-bond acceptors (Lipinski definition) is 6. The van der Waals surface area contributed by atoms with E-state index in [0.29, 0.717) is 5.69 Å². The summed E-state index contributed by atoms with van der Waals surface area (Å²) >= 11 is 1.11. The highest BCUT2D eigenvalue weighted by Gasteiger charge is 2.16. The highest BCUT2D eigenvalue weighted by molar-refractivity contribution is 7.93. The number of benzene rings is 1. The number of rotatable bonds is 7. The Hall–Kier alpha value is -1.97. The van der Waals surface area contributed by atoms with Crippen LogP contribution in [0.3, 0.4) is 0 Å². The Morgan fingerprint density at radius 3 is 2.68 bits per heavy atom. The van der Waals surface area contributed by atoms with Crippen LogP contribution in [0, 0.1) is 0 Å². The molecule has 9 heteroatoms. The zero-order valence-electron chi connectivity index (χ0n) is 11.5. The molecule has 1 heterocycles. The number of aliphatic hydroxyl groups is 1. The van der Waals surface area contributed by atoms with Gasteiger partial charge in [0.1, 0.15) is 0 Å². The summed E-state index contributed by atoms with van der Waals surface area (Å²) in [5.41, 5.74) is 0.464. The molecule has 2 rings (SSSR count). The summed E-state index contributed by atoms with van der Waals surface area (Å²) < 4.78 is 26.6. The molecule has 3 N–H and O–H groups in total. The fraction of sp³-hybridized carbons (Fsp3) is 0.231. The van der Waals surface area contributed by atoms with Crippen molar-refractivity contribution >= 4 is 32.4 Å². The molecule has 0 radical (unpaired) electrons. The summed E-state index contributed by atoms with van der Waals surface area (Å²) in [6, 6.07) is 7.96. The molecule has 0 aliphatic rings. The number of nitrogens with zero attached hydrogens (tertiary/aromatic N) is 1. The van der Waals surface area contributed by atoms with E-state index in [1.807, 2.05) is 0 Å². The normalized spacial score (nSPS) is 11.1. The molecule has 0 aliphatic carbocycles. The lowest BCUT2D eigenvalue weighted by atomic mass is 10.3. The van der Waals surface area contributed by atoms with Gasteiger partial charge in [-0.1, -0.05) is 18.2 Å². The number of carbonyl (C=O) groups excluding carboxylic acids is 1. The number of carbonyl (C=O) groups is 1. The van der Waals surface area contributed by atoms with Gasteiger partial charge in [-0.2, -0.15) is 0 Å². The van der Waals surface area contributed by atoms with E-state index in [9.17, 15) is 13.2 Å². The topological polar surface area (TPSA) is 108 Å². The van der Waals surface area contributed by atoms with Crippen LogP contribution in [0.15, 0.2) is 40.6 Å². The zero-order chi connectivity index (χ0) is 16.0. The Kier molecular flexibility index (Phi) is 5.47. The van der Waals surface area contributed by atoms with Crippen molar-refractivity contribution < 1.29 is 18.3 Å². The predicted molar refractivity (Wildman–Crippen MR) is 83.2 cm³/mol. The summed E-state index contributed by atoms with van der Waals surface area (Å²) in [5.74, 6) is -0.281. The Morgan fingerprint density at radius 1 is 1.27 bits per heavy atom. The highest BCUT2D eigenvalue weighted by Crippen LogP contribution is 2.20. The van der Waals surface area contributed by atoms with Crippen molar-refractivity contribution in [2.24, 2.45) is 0 Å². The van der Waals surface area contributed by atoms with Gasteiger partial charge in [-0.25, -0.2) is 13.4 Å². The van der Waals surface area contributed by atoms with Crippen molar-refractivity contribution in [1.82, 2.24) is 10.3 Å². The third-order valence-corrected chi connectivity index (χ3v) is 4.89. The van der Waals surface area contributed by atoms with E-state index in [1.165, 1.54) is 12.1 Å². The number of sulfonamides is 1. The first kappa shape index (κ1) is 16.4. The van der Waals surface area contributed by atoms with E-state index in [1.54, 1.807) is 23.6 Å². The molecule has 0 saturated carbocycles. The van der Waals surface area contributed by atoms with E-state index >= 15 is 0 Å². The van der Waals surface area contributed by atoms with Crippen molar-refractivity contribution in [2.45, 2.75) is 11.3 Å². The SMILES string of the molecule is O=C(Cc1csc(NS(=O)(=O)c2ccccc2)n1)NCCO. The molecule has 0 bridgehead atoms. The molecule has 118 valence electrons. The third-order valence-electron chi connectivity index (χ3n) is 2.60. The smallest absolute Gasteiger partial charge is 0.263 e. The van der Waals surface area contributed by atoms with Gasteiger partial charge in [0.05, 0.1) is 23.6 Å². The zero-order valence-corrected chi connectivity index (χ0v) is 13.2. The Morgan fingerprint density at radius 2 is 2.00 bits per heavy atom. The van der Waals surface area contributed by atoms with Crippen molar-refractivity contribution in [1.29, 1.82) is 0 Å². The lowest BCUT2D eigenvalue weighted by Crippen LogP contribution is -2.27. The third kappa shape index (κ3) is 4.52. The second-order valence-electron chi connectivity index (χ2n) is 4.31. The number of aromatic nitrogens is 1. The first-order chi connectivity index (χ1) is 10.5. The molecule has 1 aromatic carbocycles. The molecular formula is C13H15N3O4S2. The molecule has 1 amide bonds. The van der Waals surface area contributed by atoms with Crippen LogP contribution < -0.4 is 10.0 Å². The summed E-state index contributed by atoms with van der Waals surface area (Å²) in [7, 11) is -3.68. The molecule has 0 aliphatic heterocycles. The van der Waals surface area contributed by atoms with Crippen molar-refractivity contribution in [3.8, 4) is 0 Å². The van der Waals surface area contributed by atoms with Crippen LogP contribution in [0.4, 0.5) is 5.13 Å². The maximum Gasteiger partial charge on any atom is 0.263 e. The number of hydrogen-bond donors (Lipinski definition) is 3. The average Bonchev–Trinajstić information content (AvgIpc) is 2.92. The molecule has 0 atom stereocenters. The molecule has 0 unspecified atom stereocenters. The van der Waals surface area contributed by atoms with E-state index in [-0.39, 0.29) is 35.5 Å². The van der Waals surface area contributed by atoms with Gasteiger partial charge >= 0.3 is 0 Å². The van der Waals surface area contributed by atoms with Crippen LogP contribution in [-0.2, 0) is 21.2 Å². The van der Waals surface area contributed by atoms with Crippen molar-refractivity contribution in [3.05, 3.63) is 41.4 Å². The van der Waals surface area contributed by atoms with Crippen LogP contribution in [0.25, 0.3) is 0 Å². The minimum Gasteiger partial charge on any atom is -0.395 e. The fourth-order valence-corrected chi connectivity index (χ4v) is 3.61. The predicted octanol–water partition coefficient (Wildman–Crippen LogP) is 0.595. The standard InChI is InChI=1S/C13H15N3O4S2/c17-7-6-14-12(18)8-10-9-21-13(15-10)16-22(19,20)11-4-2-1-3-5-11/h1-5,9,17H,6-8H2,(H,14,18)(H,15,16).